The molecule has 0 saturated carbocycles. The summed E-state index contributed by atoms with van der Waals surface area (Å²) in [7, 11) is 1.36. The van der Waals surface area contributed by atoms with Gasteiger partial charge in [-0.05, 0) is 42.0 Å². The molecule has 1 heterocycles. The molecule has 5 nitrogen and oxygen atoms in total. The molecule has 3 rings (SSSR count). The van der Waals surface area contributed by atoms with Gasteiger partial charge in [0.2, 0.25) is 5.69 Å². The molecule has 0 atom stereocenters. The van der Waals surface area contributed by atoms with Crippen LogP contribution in [0.1, 0.15) is 37.5 Å². The lowest BCUT2D eigenvalue weighted by Crippen LogP contribution is -2.36. The highest BCUT2D eigenvalue weighted by Gasteiger charge is 2.09. The molecule has 0 amide bonds. The van der Waals surface area contributed by atoms with Crippen LogP contribution in [0.2, 0.25) is 0 Å². The average Bonchev–Trinajstić information content (AvgIpc) is 2.73. The molecule has 140 valence electrons. The molecule has 0 spiro atoms. The first-order valence-corrected chi connectivity index (χ1v) is 8.74. The number of carbonyl (C=O) groups excluding carboxylic acids is 1. The van der Waals surface area contributed by atoms with E-state index < -0.39 is 5.97 Å². The van der Waals surface area contributed by atoms with Gasteiger partial charge in [-0.2, -0.15) is 4.57 Å². The van der Waals surface area contributed by atoms with Crippen LogP contribution in [0.3, 0.4) is 0 Å². The maximum absolute atomic E-state index is 11.5. The SMILES string of the molecule is COC(=O)c1ccc(/C=C/c2cccc[n+]2Cc2ccc(C(=O)O)cc2)cc1. The number of carbonyl (C=O) groups is 2. The lowest BCUT2D eigenvalue weighted by Gasteiger charge is -2.02. The molecule has 0 aliphatic rings. The number of rotatable bonds is 6. The molecule has 5 heteroatoms. The summed E-state index contributed by atoms with van der Waals surface area (Å²) >= 11 is 0. The number of aromatic carboxylic acids is 1. The molecule has 0 unspecified atom stereocenters. The van der Waals surface area contributed by atoms with Crippen molar-refractivity contribution in [3.8, 4) is 0 Å². The highest BCUT2D eigenvalue weighted by atomic mass is 16.5. The Morgan fingerprint density at radius 3 is 2.25 bits per heavy atom. The number of methoxy groups -OCH3 is 1. The van der Waals surface area contributed by atoms with Gasteiger partial charge in [0.25, 0.3) is 0 Å². The fourth-order valence-electron chi connectivity index (χ4n) is 2.76. The Morgan fingerprint density at radius 1 is 0.929 bits per heavy atom. The molecule has 3 aromatic rings. The standard InChI is InChI=1S/C23H19NO4/c1-28-23(27)20-12-5-17(6-13-20)9-14-21-4-2-3-15-24(21)16-18-7-10-19(11-8-18)22(25)26/h2-15H,16H2,1H3/p+1/b14-9+. The van der Waals surface area contributed by atoms with Gasteiger partial charge in [0, 0.05) is 23.8 Å². The second kappa shape index (κ2) is 8.77. The summed E-state index contributed by atoms with van der Waals surface area (Å²) in [6, 6.07) is 20.0. The maximum atomic E-state index is 11.5. The first kappa shape index (κ1) is 19.0. The lowest BCUT2D eigenvalue weighted by atomic mass is 10.1. The summed E-state index contributed by atoms with van der Waals surface area (Å²) in [5, 5.41) is 9.01. The summed E-state index contributed by atoms with van der Waals surface area (Å²) in [4.78, 5) is 22.5. The van der Waals surface area contributed by atoms with Gasteiger partial charge >= 0.3 is 11.9 Å². The number of aromatic nitrogens is 1. The van der Waals surface area contributed by atoms with E-state index in [-0.39, 0.29) is 11.5 Å². The van der Waals surface area contributed by atoms with Crippen molar-refractivity contribution in [3.63, 3.8) is 0 Å². The van der Waals surface area contributed by atoms with E-state index in [2.05, 4.69) is 4.57 Å². The molecule has 0 radical (unpaired) electrons. The lowest BCUT2D eigenvalue weighted by molar-refractivity contribution is -0.690. The highest BCUT2D eigenvalue weighted by Crippen LogP contribution is 2.10. The van der Waals surface area contributed by atoms with Gasteiger partial charge in [0.1, 0.15) is 0 Å². The minimum atomic E-state index is -0.930. The van der Waals surface area contributed by atoms with E-state index in [0.717, 1.165) is 16.8 Å². The summed E-state index contributed by atoms with van der Waals surface area (Å²) in [6.07, 6.45) is 5.95. The van der Waals surface area contributed by atoms with Crippen molar-refractivity contribution in [1.82, 2.24) is 0 Å². The smallest absolute Gasteiger partial charge is 0.337 e. The van der Waals surface area contributed by atoms with E-state index in [0.29, 0.717) is 12.1 Å². The van der Waals surface area contributed by atoms with Gasteiger partial charge in [-0.1, -0.05) is 24.3 Å². The number of ether oxygens (including phenoxy) is 1. The molecule has 0 bridgehead atoms. The average molecular weight is 374 g/mol. The van der Waals surface area contributed by atoms with Crippen LogP contribution < -0.4 is 4.57 Å². The fraction of sp³-hybridized carbons (Fsp3) is 0.0870. The van der Waals surface area contributed by atoms with E-state index in [1.807, 2.05) is 60.8 Å². The van der Waals surface area contributed by atoms with Crippen molar-refractivity contribution < 1.29 is 24.0 Å². The van der Waals surface area contributed by atoms with E-state index in [1.165, 1.54) is 7.11 Å². The van der Waals surface area contributed by atoms with Crippen molar-refractivity contribution in [2.24, 2.45) is 0 Å². The predicted octanol–water partition coefficient (Wildman–Crippen LogP) is 3.68. The molecule has 1 aromatic heterocycles. The second-order valence-electron chi connectivity index (χ2n) is 6.20. The Labute approximate surface area is 163 Å². The van der Waals surface area contributed by atoms with Gasteiger partial charge in [-0.25, -0.2) is 9.59 Å². The normalized spacial score (nSPS) is 10.8. The third kappa shape index (κ3) is 4.71. The molecular weight excluding hydrogens is 354 g/mol. The third-order valence-corrected chi connectivity index (χ3v) is 4.31. The van der Waals surface area contributed by atoms with Crippen LogP contribution in [0.4, 0.5) is 0 Å². The zero-order chi connectivity index (χ0) is 19.9. The van der Waals surface area contributed by atoms with Crippen LogP contribution in [0.5, 0.6) is 0 Å². The van der Waals surface area contributed by atoms with Gasteiger partial charge in [0.05, 0.1) is 18.2 Å². The summed E-state index contributed by atoms with van der Waals surface area (Å²) in [5.74, 6) is -1.29. The Morgan fingerprint density at radius 2 is 1.61 bits per heavy atom. The van der Waals surface area contributed by atoms with Crippen molar-refractivity contribution in [1.29, 1.82) is 0 Å². The van der Waals surface area contributed by atoms with Crippen molar-refractivity contribution >= 4 is 24.1 Å². The molecule has 28 heavy (non-hydrogen) atoms. The Bertz CT molecular complexity index is 1010. The van der Waals surface area contributed by atoms with Crippen molar-refractivity contribution in [3.05, 3.63) is 101 Å². The maximum Gasteiger partial charge on any atom is 0.337 e. The Kier molecular flexibility index (Phi) is 5.97. The van der Waals surface area contributed by atoms with Gasteiger partial charge in [-0.15, -0.1) is 0 Å². The van der Waals surface area contributed by atoms with E-state index in [4.69, 9.17) is 9.84 Å². The van der Waals surface area contributed by atoms with Crippen molar-refractivity contribution in [2.45, 2.75) is 6.54 Å². The van der Waals surface area contributed by atoms with Gasteiger partial charge < -0.3 is 9.84 Å². The minimum Gasteiger partial charge on any atom is -0.478 e. The van der Waals surface area contributed by atoms with Crippen LogP contribution in [0.15, 0.2) is 72.9 Å². The molecule has 0 aliphatic carbocycles. The largest absolute Gasteiger partial charge is 0.478 e. The first-order chi connectivity index (χ1) is 13.6. The Hall–Kier alpha value is -3.73. The molecule has 0 aliphatic heterocycles. The fourth-order valence-corrected chi connectivity index (χ4v) is 2.76. The molecule has 0 saturated heterocycles. The monoisotopic (exact) mass is 374 g/mol. The molecule has 2 aromatic carbocycles. The third-order valence-electron chi connectivity index (χ3n) is 4.31. The van der Waals surface area contributed by atoms with Gasteiger partial charge in [0.15, 0.2) is 12.7 Å². The minimum absolute atomic E-state index is 0.275. The van der Waals surface area contributed by atoms with Crippen LogP contribution in [0, 0.1) is 0 Å². The summed E-state index contributed by atoms with van der Waals surface area (Å²) in [5.41, 5.74) is 3.77. The summed E-state index contributed by atoms with van der Waals surface area (Å²) in [6.45, 7) is 0.627. The molecule has 1 N–H and O–H groups in total. The summed E-state index contributed by atoms with van der Waals surface area (Å²) < 4.78 is 6.78. The van der Waals surface area contributed by atoms with Crippen LogP contribution in [-0.4, -0.2) is 24.2 Å². The second-order valence-corrected chi connectivity index (χ2v) is 6.20. The van der Waals surface area contributed by atoms with E-state index in [1.54, 1.807) is 24.3 Å². The number of carboxylic acid groups (broad SMARTS) is 1. The predicted molar refractivity (Wildman–Crippen MR) is 106 cm³/mol. The van der Waals surface area contributed by atoms with E-state index >= 15 is 0 Å². The number of hydrogen-bond acceptors (Lipinski definition) is 3. The van der Waals surface area contributed by atoms with Crippen LogP contribution in [-0.2, 0) is 11.3 Å². The number of pyridine rings is 1. The highest BCUT2D eigenvalue weighted by molar-refractivity contribution is 5.89. The Balaban J connectivity index is 1.77. The van der Waals surface area contributed by atoms with Crippen molar-refractivity contribution in [2.75, 3.05) is 7.11 Å². The zero-order valence-corrected chi connectivity index (χ0v) is 15.4. The van der Waals surface area contributed by atoms with Crippen LogP contribution >= 0.6 is 0 Å². The number of nitrogens with zero attached hydrogens (tertiary/aromatic N) is 1. The molecular formula is C23H20NO4+. The topological polar surface area (TPSA) is 67.5 Å². The first-order valence-electron chi connectivity index (χ1n) is 8.74. The number of carboxylic acids is 1. The van der Waals surface area contributed by atoms with E-state index in [9.17, 15) is 9.59 Å². The van der Waals surface area contributed by atoms with Gasteiger partial charge in [-0.3, -0.25) is 0 Å². The number of esters is 1. The van der Waals surface area contributed by atoms with Crippen LogP contribution in [0.25, 0.3) is 12.2 Å². The number of hydrogen-bond donors (Lipinski definition) is 1. The number of benzene rings is 2. The molecule has 0 fully saturated rings. The zero-order valence-electron chi connectivity index (χ0n) is 15.4. The quantitative estimate of drug-likeness (QED) is 0.528.